The number of hydrogen-bond donors (Lipinski definition) is 2. The predicted molar refractivity (Wildman–Crippen MR) is 98.4 cm³/mol. The molecule has 3 nitrogen and oxygen atoms in total. The lowest BCUT2D eigenvalue weighted by atomic mass is 9.95. The van der Waals surface area contributed by atoms with E-state index in [4.69, 9.17) is 17.0 Å². The van der Waals surface area contributed by atoms with E-state index in [-0.39, 0.29) is 6.04 Å². The zero-order valence-corrected chi connectivity index (χ0v) is 15.1. The van der Waals surface area contributed by atoms with E-state index < -0.39 is 0 Å². The summed E-state index contributed by atoms with van der Waals surface area (Å²) in [6.45, 7) is 8.26. The molecule has 0 aromatic heterocycles. The molecule has 0 heterocycles. The summed E-state index contributed by atoms with van der Waals surface area (Å²) in [4.78, 5) is 0. The van der Waals surface area contributed by atoms with Gasteiger partial charge in [-0.25, -0.2) is 0 Å². The van der Waals surface area contributed by atoms with Crippen molar-refractivity contribution in [3.8, 4) is 0 Å². The molecule has 0 aliphatic heterocycles. The number of ether oxygens (including phenoxy) is 1. The van der Waals surface area contributed by atoms with Crippen LogP contribution in [0.3, 0.4) is 0 Å². The fourth-order valence-electron chi connectivity index (χ4n) is 2.34. The maximum Gasteiger partial charge on any atom is 0.166 e. The SMILES string of the molecule is CC[C@H](C)c1ccc([C@@H](CC)NC(=S)NCCCOC)cc1. The Bertz CT molecular complexity index is 433. The highest BCUT2D eigenvalue weighted by Gasteiger charge is 2.11. The summed E-state index contributed by atoms with van der Waals surface area (Å²) in [5.41, 5.74) is 2.69. The first-order valence-corrected chi connectivity index (χ1v) is 8.66. The quantitative estimate of drug-likeness (QED) is 0.528. The summed E-state index contributed by atoms with van der Waals surface area (Å²) in [6, 6.07) is 9.17. The van der Waals surface area contributed by atoms with Crippen LogP contribution in [-0.2, 0) is 4.74 Å². The van der Waals surface area contributed by atoms with Crippen molar-refractivity contribution in [2.75, 3.05) is 20.3 Å². The van der Waals surface area contributed by atoms with Crippen LogP contribution in [0.5, 0.6) is 0 Å². The summed E-state index contributed by atoms with van der Waals surface area (Å²) in [7, 11) is 1.72. The topological polar surface area (TPSA) is 33.3 Å². The van der Waals surface area contributed by atoms with Gasteiger partial charge in [-0.2, -0.15) is 0 Å². The molecule has 0 aliphatic rings. The molecule has 0 saturated carbocycles. The lowest BCUT2D eigenvalue weighted by molar-refractivity contribution is 0.195. The highest BCUT2D eigenvalue weighted by Crippen LogP contribution is 2.22. The Morgan fingerprint density at radius 3 is 2.32 bits per heavy atom. The van der Waals surface area contributed by atoms with Gasteiger partial charge in [0.2, 0.25) is 0 Å². The van der Waals surface area contributed by atoms with Crippen LogP contribution in [0.4, 0.5) is 0 Å². The van der Waals surface area contributed by atoms with Crippen molar-refractivity contribution in [1.82, 2.24) is 10.6 Å². The van der Waals surface area contributed by atoms with E-state index in [0.717, 1.165) is 26.0 Å². The maximum absolute atomic E-state index is 5.37. The predicted octanol–water partition coefficient (Wildman–Crippen LogP) is 4.15. The molecule has 2 N–H and O–H groups in total. The second-order valence-electron chi connectivity index (χ2n) is 5.68. The van der Waals surface area contributed by atoms with Gasteiger partial charge in [-0.1, -0.05) is 45.0 Å². The lowest BCUT2D eigenvalue weighted by Crippen LogP contribution is -2.38. The molecule has 0 spiro atoms. The largest absolute Gasteiger partial charge is 0.385 e. The lowest BCUT2D eigenvalue weighted by Gasteiger charge is -2.21. The molecule has 1 rings (SSSR count). The number of rotatable bonds is 9. The van der Waals surface area contributed by atoms with Gasteiger partial charge in [-0.05, 0) is 48.5 Å². The number of methoxy groups -OCH3 is 1. The molecule has 2 atom stereocenters. The number of benzene rings is 1. The molecule has 1 aromatic carbocycles. The zero-order chi connectivity index (χ0) is 16.4. The van der Waals surface area contributed by atoms with Crippen molar-refractivity contribution in [3.63, 3.8) is 0 Å². The van der Waals surface area contributed by atoms with Crippen molar-refractivity contribution < 1.29 is 4.74 Å². The first kappa shape index (κ1) is 18.9. The Morgan fingerprint density at radius 2 is 1.77 bits per heavy atom. The Morgan fingerprint density at radius 1 is 1.14 bits per heavy atom. The minimum absolute atomic E-state index is 0.258. The summed E-state index contributed by atoms with van der Waals surface area (Å²) < 4.78 is 5.03. The third-order valence-corrected chi connectivity index (χ3v) is 4.31. The summed E-state index contributed by atoms with van der Waals surface area (Å²) in [5.74, 6) is 0.616. The summed E-state index contributed by atoms with van der Waals surface area (Å²) in [6.07, 6.45) is 3.13. The highest BCUT2D eigenvalue weighted by atomic mass is 32.1. The van der Waals surface area contributed by atoms with Crippen LogP contribution < -0.4 is 10.6 Å². The van der Waals surface area contributed by atoms with Crippen molar-refractivity contribution in [2.45, 2.75) is 52.0 Å². The number of nitrogens with one attached hydrogen (secondary N) is 2. The Kier molecular flexibility index (Phi) is 9.09. The van der Waals surface area contributed by atoms with E-state index in [1.165, 1.54) is 17.5 Å². The molecule has 1 aromatic rings. The first-order valence-electron chi connectivity index (χ1n) is 8.25. The van der Waals surface area contributed by atoms with Gasteiger partial charge in [0.1, 0.15) is 0 Å². The standard InChI is InChI=1S/C18H30N2OS/c1-5-14(3)15-8-10-16(11-9-15)17(6-2)20-18(22)19-12-7-13-21-4/h8-11,14,17H,5-7,12-13H2,1-4H3,(H2,19,20,22)/t14-,17+/m0/s1. The molecule has 0 amide bonds. The minimum Gasteiger partial charge on any atom is -0.385 e. The molecule has 22 heavy (non-hydrogen) atoms. The maximum atomic E-state index is 5.37. The van der Waals surface area contributed by atoms with Gasteiger partial charge in [0, 0.05) is 20.3 Å². The fourth-order valence-corrected chi connectivity index (χ4v) is 2.59. The van der Waals surface area contributed by atoms with Crippen LogP contribution in [0.15, 0.2) is 24.3 Å². The van der Waals surface area contributed by atoms with Gasteiger partial charge in [0.05, 0.1) is 6.04 Å². The van der Waals surface area contributed by atoms with E-state index >= 15 is 0 Å². The monoisotopic (exact) mass is 322 g/mol. The van der Waals surface area contributed by atoms with Gasteiger partial charge < -0.3 is 15.4 Å². The van der Waals surface area contributed by atoms with Crippen LogP contribution in [0, 0.1) is 0 Å². The van der Waals surface area contributed by atoms with Crippen molar-refractivity contribution in [3.05, 3.63) is 35.4 Å². The molecule has 4 heteroatoms. The normalized spacial score (nSPS) is 13.5. The van der Waals surface area contributed by atoms with Gasteiger partial charge in [-0.3, -0.25) is 0 Å². The second-order valence-corrected chi connectivity index (χ2v) is 6.09. The summed E-state index contributed by atoms with van der Waals surface area (Å²) >= 11 is 5.37. The molecule has 0 bridgehead atoms. The van der Waals surface area contributed by atoms with Crippen LogP contribution in [0.2, 0.25) is 0 Å². The first-order chi connectivity index (χ1) is 10.6. The molecular weight excluding hydrogens is 292 g/mol. The van der Waals surface area contributed by atoms with Crippen molar-refractivity contribution in [1.29, 1.82) is 0 Å². The minimum atomic E-state index is 0.258. The number of thiocarbonyl (C=S) groups is 1. The van der Waals surface area contributed by atoms with Crippen molar-refractivity contribution >= 4 is 17.3 Å². The van der Waals surface area contributed by atoms with E-state index in [1.807, 2.05) is 0 Å². The highest BCUT2D eigenvalue weighted by molar-refractivity contribution is 7.80. The van der Waals surface area contributed by atoms with Gasteiger partial charge in [0.25, 0.3) is 0 Å². The molecular formula is C18H30N2OS. The van der Waals surface area contributed by atoms with Crippen molar-refractivity contribution in [2.24, 2.45) is 0 Å². The van der Waals surface area contributed by atoms with E-state index in [1.54, 1.807) is 7.11 Å². The summed E-state index contributed by atoms with van der Waals surface area (Å²) in [5, 5.41) is 7.35. The molecule has 0 saturated heterocycles. The Labute approximate surface area is 140 Å². The molecule has 0 unspecified atom stereocenters. The fraction of sp³-hybridized carbons (Fsp3) is 0.611. The van der Waals surface area contributed by atoms with Gasteiger partial charge in [-0.15, -0.1) is 0 Å². The van der Waals surface area contributed by atoms with Crippen LogP contribution in [0.25, 0.3) is 0 Å². The molecule has 0 fully saturated rings. The average Bonchev–Trinajstić information content (AvgIpc) is 2.56. The van der Waals surface area contributed by atoms with Crippen LogP contribution in [0.1, 0.15) is 63.1 Å². The Balaban J connectivity index is 2.54. The second kappa shape index (κ2) is 10.6. The molecule has 124 valence electrons. The molecule has 0 radical (unpaired) electrons. The average molecular weight is 323 g/mol. The van der Waals surface area contributed by atoms with E-state index in [0.29, 0.717) is 11.0 Å². The third-order valence-electron chi connectivity index (χ3n) is 4.04. The van der Waals surface area contributed by atoms with Crippen LogP contribution >= 0.6 is 12.2 Å². The van der Waals surface area contributed by atoms with Gasteiger partial charge in [0.15, 0.2) is 5.11 Å². The van der Waals surface area contributed by atoms with Gasteiger partial charge >= 0.3 is 0 Å². The zero-order valence-electron chi connectivity index (χ0n) is 14.3. The third kappa shape index (κ3) is 6.32. The number of hydrogen-bond acceptors (Lipinski definition) is 2. The smallest absolute Gasteiger partial charge is 0.166 e. The molecule has 0 aliphatic carbocycles. The Hall–Kier alpha value is -1.13. The van der Waals surface area contributed by atoms with Crippen LogP contribution in [-0.4, -0.2) is 25.4 Å². The van der Waals surface area contributed by atoms with E-state index in [9.17, 15) is 0 Å². The van der Waals surface area contributed by atoms with E-state index in [2.05, 4.69) is 55.7 Å².